The maximum Gasteiger partial charge on any atom is 0.137 e. The Kier molecular flexibility index (Phi) is 3.98. The molecule has 0 spiro atoms. The molecule has 0 bridgehead atoms. The van der Waals surface area contributed by atoms with Gasteiger partial charge in [-0.1, -0.05) is 31.2 Å². The molecule has 2 aromatic heterocycles. The number of hydrogen-bond acceptors (Lipinski definition) is 1. The summed E-state index contributed by atoms with van der Waals surface area (Å²) in [5, 5.41) is 0. The SMILES string of the molecule is CCc1ccc(Cc2nc3cc(C)ccn3c2CCl)cc1. The molecular formula is C18H19ClN2. The van der Waals surface area contributed by atoms with E-state index in [0.717, 1.165) is 29.9 Å². The molecule has 2 nitrogen and oxygen atoms in total. The fourth-order valence-corrected chi connectivity index (χ4v) is 2.90. The first-order chi connectivity index (χ1) is 10.2. The summed E-state index contributed by atoms with van der Waals surface area (Å²) in [7, 11) is 0. The van der Waals surface area contributed by atoms with Gasteiger partial charge in [0, 0.05) is 12.6 Å². The van der Waals surface area contributed by atoms with E-state index < -0.39 is 0 Å². The molecule has 0 aliphatic rings. The molecule has 1 aromatic carbocycles. The summed E-state index contributed by atoms with van der Waals surface area (Å²) < 4.78 is 2.09. The standard InChI is InChI=1S/C18H19ClN2/c1-3-14-4-6-15(7-5-14)11-16-17(12-19)21-9-8-13(2)10-18(21)20-16/h4-10H,3,11-12H2,1-2H3. The van der Waals surface area contributed by atoms with Crippen LogP contribution in [-0.2, 0) is 18.7 Å². The quantitative estimate of drug-likeness (QED) is 0.647. The van der Waals surface area contributed by atoms with Gasteiger partial charge in [0.15, 0.2) is 0 Å². The first kappa shape index (κ1) is 14.2. The third kappa shape index (κ3) is 2.81. The number of rotatable bonds is 4. The second-order valence-electron chi connectivity index (χ2n) is 5.42. The van der Waals surface area contributed by atoms with Crippen LogP contribution in [0, 0.1) is 6.92 Å². The lowest BCUT2D eigenvalue weighted by atomic mass is 10.1. The van der Waals surface area contributed by atoms with Crippen LogP contribution in [0.4, 0.5) is 0 Å². The zero-order chi connectivity index (χ0) is 14.8. The fraction of sp³-hybridized carbons (Fsp3) is 0.278. The van der Waals surface area contributed by atoms with Crippen LogP contribution in [0.2, 0.25) is 0 Å². The van der Waals surface area contributed by atoms with E-state index in [9.17, 15) is 0 Å². The monoisotopic (exact) mass is 298 g/mol. The van der Waals surface area contributed by atoms with Crippen molar-refractivity contribution >= 4 is 17.2 Å². The number of halogens is 1. The minimum absolute atomic E-state index is 0.479. The lowest BCUT2D eigenvalue weighted by Crippen LogP contribution is -1.96. The molecule has 0 saturated carbocycles. The van der Waals surface area contributed by atoms with E-state index in [1.54, 1.807) is 0 Å². The smallest absolute Gasteiger partial charge is 0.137 e. The number of imidazole rings is 1. The lowest BCUT2D eigenvalue weighted by Gasteiger charge is -2.03. The average molecular weight is 299 g/mol. The summed E-state index contributed by atoms with van der Waals surface area (Å²) in [4.78, 5) is 4.76. The molecule has 0 saturated heterocycles. The van der Waals surface area contributed by atoms with Crippen molar-refractivity contribution in [3.63, 3.8) is 0 Å². The van der Waals surface area contributed by atoms with Crippen LogP contribution in [0.3, 0.4) is 0 Å². The van der Waals surface area contributed by atoms with Gasteiger partial charge in [-0.05, 0) is 42.2 Å². The van der Waals surface area contributed by atoms with Crippen LogP contribution in [0.1, 0.15) is 35.0 Å². The zero-order valence-electron chi connectivity index (χ0n) is 12.4. The minimum Gasteiger partial charge on any atom is -0.303 e. The van der Waals surface area contributed by atoms with Gasteiger partial charge in [0.2, 0.25) is 0 Å². The van der Waals surface area contributed by atoms with Gasteiger partial charge in [-0.25, -0.2) is 4.98 Å². The third-order valence-corrected chi connectivity index (χ3v) is 4.15. The van der Waals surface area contributed by atoms with E-state index in [1.165, 1.54) is 16.7 Å². The second-order valence-corrected chi connectivity index (χ2v) is 5.69. The van der Waals surface area contributed by atoms with Crippen LogP contribution in [-0.4, -0.2) is 9.38 Å². The number of fused-ring (bicyclic) bond motifs is 1. The first-order valence-corrected chi connectivity index (χ1v) is 7.85. The summed E-state index contributed by atoms with van der Waals surface area (Å²) in [6.45, 7) is 4.25. The fourth-order valence-electron chi connectivity index (χ4n) is 2.62. The molecule has 108 valence electrons. The van der Waals surface area contributed by atoms with Crippen molar-refractivity contribution < 1.29 is 0 Å². The van der Waals surface area contributed by atoms with Gasteiger partial charge in [-0.2, -0.15) is 0 Å². The van der Waals surface area contributed by atoms with E-state index >= 15 is 0 Å². The van der Waals surface area contributed by atoms with E-state index in [1.807, 2.05) is 0 Å². The Labute approximate surface area is 130 Å². The van der Waals surface area contributed by atoms with Crippen molar-refractivity contribution in [1.82, 2.24) is 9.38 Å². The summed E-state index contributed by atoms with van der Waals surface area (Å²) in [6, 6.07) is 12.9. The molecule has 0 radical (unpaired) electrons. The number of aryl methyl sites for hydroxylation is 2. The molecule has 3 rings (SSSR count). The molecule has 2 heterocycles. The maximum absolute atomic E-state index is 6.15. The highest BCUT2D eigenvalue weighted by Gasteiger charge is 2.11. The summed E-state index contributed by atoms with van der Waals surface area (Å²) in [5.41, 5.74) is 6.99. The molecule has 0 aliphatic heterocycles. The zero-order valence-corrected chi connectivity index (χ0v) is 13.2. The molecule has 3 heteroatoms. The highest BCUT2D eigenvalue weighted by molar-refractivity contribution is 6.17. The van der Waals surface area contributed by atoms with Gasteiger partial charge in [-0.15, -0.1) is 11.6 Å². The number of benzene rings is 1. The van der Waals surface area contributed by atoms with Crippen LogP contribution in [0.25, 0.3) is 5.65 Å². The van der Waals surface area contributed by atoms with Gasteiger partial charge in [0.25, 0.3) is 0 Å². The highest BCUT2D eigenvalue weighted by Crippen LogP contribution is 2.19. The number of aromatic nitrogens is 2. The molecule has 0 atom stereocenters. The summed E-state index contributed by atoms with van der Waals surface area (Å²) in [6.07, 6.45) is 3.95. The second kappa shape index (κ2) is 5.90. The Balaban J connectivity index is 1.98. The number of nitrogens with zero attached hydrogens (tertiary/aromatic N) is 2. The Morgan fingerprint density at radius 1 is 1.10 bits per heavy atom. The molecule has 0 fully saturated rings. The van der Waals surface area contributed by atoms with Gasteiger partial charge in [0.1, 0.15) is 5.65 Å². The first-order valence-electron chi connectivity index (χ1n) is 7.31. The van der Waals surface area contributed by atoms with E-state index in [2.05, 4.69) is 60.8 Å². The third-order valence-electron chi connectivity index (χ3n) is 3.89. The van der Waals surface area contributed by atoms with E-state index in [-0.39, 0.29) is 0 Å². The van der Waals surface area contributed by atoms with Gasteiger partial charge < -0.3 is 4.40 Å². The van der Waals surface area contributed by atoms with Crippen LogP contribution in [0.5, 0.6) is 0 Å². The van der Waals surface area contributed by atoms with Crippen molar-refractivity contribution in [2.75, 3.05) is 0 Å². The number of pyridine rings is 1. The summed E-state index contributed by atoms with van der Waals surface area (Å²) >= 11 is 6.15. The van der Waals surface area contributed by atoms with Crippen molar-refractivity contribution in [1.29, 1.82) is 0 Å². The predicted octanol–water partition coefficient (Wildman–Crippen LogP) is 4.53. The van der Waals surface area contributed by atoms with E-state index in [4.69, 9.17) is 16.6 Å². The Morgan fingerprint density at radius 2 is 1.81 bits per heavy atom. The van der Waals surface area contributed by atoms with Crippen LogP contribution < -0.4 is 0 Å². The molecule has 0 aliphatic carbocycles. The molecular weight excluding hydrogens is 280 g/mol. The number of hydrogen-bond donors (Lipinski definition) is 0. The Hall–Kier alpha value is -1.80. The highest BCUT2D eigenvalue weighted by atomic mass is 35.5. The maximum atomic E-state index is 6.15. The average Bonchev–Trinajstić information content (AvgIpc) is 2.84. The van der Waals surface area contributed by atoms with Crippen molar-refractivity contribution in [3.8, 4) is 0 Å². The largest absolute Gasteiger partial charge is 0.303 e. The van der Waals surface area contributed by atoms with Gasteiger partial charge >= 0.3 is 0 Å². The topological polar surface area (TPSA) is 17.3 Å². The van der Waals surface area contributed by atoms with Crippen LogP contribution >= 0.6 is 11.6 Å². The lowest BCUT2D eigenvalue weighted by molar-refractivity contribution is 1.03. The van der Waals surface area contributed by atoms with Crippen molar-refractivity contribution in [2.24, 2.45) is 0 Å². The molecule has 21 heavy (non-hydrogen) atoms. The van der Waals surface area contributed by atoms with E-state index in [0.29, 0.717) is 5.88 Å². The Bertz CT molecular complexity index is 757. The molecule has 3 aromatic rings. The predicted molar refractivity (Wildman–Crippen MR) is 88.1 cm³/mol. The summed E-state index contributed by atoms with van der Waals surface area (Å²) in [5.74, 6) is 0.479. The minimum atomic E-state index is 0.479. The molecule has 0 unspecified atom stereocenters. The van der Waals surface area contributed by atoms with Crippen molar-refractivity contribution in [3.05, 3.63) is 70.7 Å². The number of alkyl halides is 1. The Morgan fingerprint density at radius 3 is 2.48 bits per heavy atom. The normalized spacial score (nSPS) is 11.2. The van der Waals surface area contributed by atoms with Gasteiger partial charge in [-0.3, -0.25) is 0 Å². The molecule has 0 N–H and O–H groups in total. The molecule has 0 amide bonds. The van der Waals surface area contributed by atoms with Crippen LogP contribution in [0.15, 0.2) is 42.6 Å². The van der Waals surface area contributed by atoms with Gasteiger partial charge in [0.05, 0.1) is 17.3 Å². The van der Waals surface area contributed by atoms with Crippen molar-refractivity contribution in [2.45, 2.75) is 32.6 Å².